The van der Waals surface area contributed by atoms with Crippen LogP contribution in [0.3, 0.4) is 0 Å². The fourth-order valence-corrected chi connectivity index (χ4v) is 3.27. The Labute approximate surface area is 114 Å². The number of amides is 1. The van der Waals surface area contributed by atoms with Gasteiger partial charge in [-0.3, -0.25) is 9.78 Å². The van der Waals surface area contributed by atoms with Gasteiger partial charge in [-0.2, -0.15) is 0 Å². The number of nitrogens with one attached hydrogen (secondary N) is 1. The van der Waals surface area contributed by atoms with Gasteiger partial charge in [-0.05, 0) is 37.8 Å². The van der Waals surface area contributed by atoms with Gasteiger partial charge in [0.05, 0.1) is 17.3 Å². The maximum atomic E-state index is 12.1. The number of rotatable bonds is 2. The Morgan fingerprint density at radius 2 is 2.32 bits per heavy atom. The van der Waals surface area contributed by atoms with Crippen LogP contribution in [0.4, 0.5) is 5.69 Å². The predicted molar refractivity (Wildman–Crippen MR) is 75.1 cm³/mol. The molecule has 0 aromatic carbocycles. The molecule has 0 saturated carbocycles. The lowest BCUT2D eigenvalue weighted by atomic mass is 9.78. The molecule has 4 nitrogen and oxygen atoms in total. The predicted octanol–water partition coefficient (Wildman–Crippen LogP) is 1.75. The minimum Gasteiger partial charge on any atom is -0.369 e. The summed E-state index contributed by atoms with van der Waals surface area (Å²) < 4.78 is 0. The third-order valence-corrected chi connectivity index (χ3v) is 4.48. The van der Waals surface area contributed by atoms with E-state index in [1.807, 2.05) is 6.20 Å². The second kappa shape index (κ2) is 4.83. The lowest BCUT2D eigenvalue weighted by molar-refractivity contribution is -0.128. The molecule has 1 unspecified atom stereocenters. The molecule has 4 heteroatoms. The van der Waals surface area contributed by atoms with Crippen molar-refractivity contribution in [2.75, 3.05) is 24.5 Å². The van der Waals surface area contributed by atoms with Crippen LogP contribution >= 0.6 is 0 Å². The zero-order valence-electron chi connectivity index (χ0n) is 11.5. The van der Waals surface area contributed by atoms with Crippen LogP contribution in [0.25, 0.3) is 0 Å². The molecule has 0 aliphatic carbocycles. The molecular formula is C15H21N3O. The quantitative estimate of drug-likeness (QED) is 0.880. The number of anilines is 1. The molecule has 2 aliphatic rings. The molecule has 1 N–H and O–H groups in total. The summed E-state index contributed by atoms with van der Waals surface area (Å²) in [5.74, 6) is 0.246. The van der Waals surface area contributed by atoms with Crippen LogP contribution in [-0.2, 0) is 11.2 Å². The van der Waals surface area contributed by atoms with Gasteiger partial charge in [0.1, 0.15) is 0 Å². The molecule has 1 amide bonds. The van der Waals surface area contributed by atoms with Crippen LogP contribution in [0.5, 0.6) is 0 Å². The average Bonchev–Trinajstić information content (AvgIpc) is 2.80. The van der Waals surface area contributed by atoms with Gasteiger partial charge in [0.2, 0.25) is 5.91 Å². The van der Waals surface area contributed by atoms with Crippen LogP contribution in [0.15, 0.2) is 18.3 Å². The molecule has 1 atom stereocenters. The minimum absolute atomic E-state index is 0.151. The maximum absolute atomic E-state index is 12.1. The highest BCUT2D eigenvalue weighted by atomic mass is 16.2. The van der Waals surface area contributed by atoms with Crippen LogP contribution in [0.2, 0.25) is 0 Å². The Hall–Kier alpha value is -1.58. The molecule has 3 heterocycles. The molecule has 1 aromatic rings. The first-order valence-corrected chi connectivity index (χ1v) is 7.22. The van der Waals surface area contributed by atoms with Crippen molar-refractivity contribution in [3.8, 4) is 0 Å². The number of nitrogens with zero attached hydrogens (tertiary/aromatic N) is 2. The largest absolute Gasteiger partial charge is 0.369 e. The number of carbonyl (C=O) groups is 1. The van der Waals surface area contributed by atoms with Crippen LogP contribution in [-0.4, -0.2) is 30.5 Å². The first-order chi connectivity index (χ1) is 9.23. The molecule has 3 rings (SSSR count). The van der Waals surface area contributed by atoms with Crippen molar-refractivity contribution in [1.82, 2.24) is 10.3 Å². The second-order valence-corrected chi connectivity index (χ2v) is 5.67. The normalized spacial score (nSPS) is 26.8. The van der Waals surface area contributed by atoms with E-state index < -0.39 is 0 Å². The molecule has 2 saturated heterocycles. The first-order valence-electron chi connectivity index (χ1n) is 7.22. The number of aryl methyl sites for hydroxylation is 1. The third kappa shape index (κ3) is 2.20. The van der Waals surface area contributed by atoms with Gasteiger partial charge in [0, 0.05) is 25.3 Å². The van der Waals surface area contributed by atoms with E-state index in [2.05, 4.69) is 34.3 Å². The molecular weight excluding hydrogens is 238 g/mol. The Balaban J connectivity index is 1.79. The van der Waals surface area contributed by atoms with E-state index in [9.17, 15) is 4.79 Å². The van der Waals surface area contributed by atoms with Gasteiger partial charge >= 0.3 is 0 Å². The maximum Gasteiger partial charge on any atom is 0.228 e. The Kier molecular flexibility index (Phi) is 3.17. The standard InChI is InChI=1S/C15H21N3O/c1-2-12-4-5-13(10-17-12)18-9-3-6-15(11-18)7-8-16-14(15)19/h4-5,10H,2-3,6-9,11H2,1H3,(H,16,19). The zero-order chi connectivity index (χ0) is 13.3. The van der Waals surface area contributed by atoms with Crippen molar-refractivity contribution in [3.63, 3.8) is 0 Å². The fourth-order valence-electron chi connectivity index (χ4n) is 3.27. The van der Waals surface area contributed by atoms with Gasteiger partial charge < -0.3 is 10.2 Å². The highest BCUT2D eigenvalue weighted by Gasteiger charge is 2.45. The Bertz CT molecular complexity index is 471. The molecule has 0 bridgehead atoms. The summed E-state index contributed by atoms with van der Waals surface area (Å²) in [5, 5.41) is 2.99. The van der Waals surface area contributed by atoms with E-state index in [0.717, 1.165) is 56.7 Å². The summed E-state index contributed by atoms with van der Waals surface area (Å²) >= 11 is 0. The van der Waals surface area contributed by atoms with E-state index in [1.54, 1.807) is 0 Å². The number of aromatic nitrogens is 1. The van der Waals surface area contributed by atoms with Gasteiger partial charge in [0.25, 0.3) is 0 Å². The highest BCUT2D eigenvalue weighted by Crippen LogP contribution is 2.38. The Morgan fingerprint density at radius 1 is 1.42 bits per heavy atom. The van der Waals surface area contributed by atoms with Gasteiger partial charge in [-0.1, -0.05) is 6.92 Å². The molecule has 0 radical (unpaired) electrons. The molecule has 2 fully saturated rings. The first kappa shape index (κ1) is 12.5. The van der Waals surface area contributed by atoms with Crippen molar-refractivity contribution in [1.29, 1.82) is 0 Å². The smallest absolute Gasteiger partial charge is 0.228 e. The van der Waals surface area contributed by atoms with Crippen LogP contribution in [0.1, 0.15) is 31.9 Å². The molecule has 1 spiro atoms. The topological polar surface area (TPSA) is 45.2 Å². The van der Waals surface area contributed by atoms with Crippen molar-refractivity contribution < 1.29 is 4.79 Å². The van der Waals surface area contributed by atoms with Crippen LogP contribution in [0, 0.1) is 5.41 Å². The van der Waals surface area contributed by atoms with Crippen molar-refractivity contribution >= 4 is 11.6 Å². The number of carbonyl (C=O) groups excluding carboxylic acids is 1. The van der Waals surface area contributed by atoms with Crippen molar-refractivity contribution in [3.05, 3.63) is 24.0 Å². The average molecular weight is 259 g/mol. The van der Waals surface area contributed by atoms with Gasteiger partial charge in [0.15, 0.2) is 0 Å². The van der Waals surface area contributed by atoms with Crippen molar-refractivity contribution in [2.24, 2.45) is 5.41 Å². The SMILES string of the molecule is CCc1ccc(N2CCCC3(CCNC3=O)C2)cn1. The molecule has 102 valence electrons. The number of hydrogen-bond donors (Lipinski definition) is 1. The minimum atomic E-state index is -0.151. The Morgan fingerprint density at radius 3 is 2.95 bits per heavy atom. The lowest BCUT2D eigenvalue weighted by Crippen LogP contribution is -2.47. The van der Waals surface area contributed by atoms with Gasteiger partial charge in [-0.15, -0.1) is 0 Å². The molecule has 19 heavy (non-hydrogen) atoms. The van der Waals surface area contributed by atoms with Crippen LogP contribution < -0.4 is 10.2 Å². The number of hydrogen-bond acceptors (Lipinski definition) is 3. The zero-order valence-corrected chi connectivity index (χ0v) is 11.5. The van der Waals surface area contributed by atoms with E-state index in [-0.39, 0.29) is 11.3 Å². The monoisotopic (exact) mass is 259 g/mol. The van der Waals surface area contributed by atoms with E-state index in [4.69, 9.17) is 0 Å². The van der Waals surface area contributed by atoms with E-state index >= 15 is 0 Å². The third-order valence-electron chi connectivity index (χ3n) is 4.48. The summed E-state index contributed by atoms with van der Waals surface area (Å²) in [6.07, 6.45) is 6.00. The summed E-state index contributed by atoms with van der Waals surface area (Å²) in [7, 11) is 0. The van der Waals surface area contributed by atoms with E-state index in [1.165, 1.54) is 0 Å². The number of piperidine rings is 1. The summed E-state index contributed by atoms with van der Waals surface area (Å²) in [4.78, 5) is 18.9. The summed E-state index contributed by atoms with van der Waals surface area (Å²) in [6, 6.07) is 4.23. The molecule has 1 aromatic heterocycles. The second-order valence-electron chi connectivity index (χ2n) is 5.67. The molecule has 2 aliphatic heterocycles. The fraction of sp³-hybridized carbons (Fsp3) is 0.600. The summed E-state index contributed by atoms with van der Waals surface area (Å²) in [6.45, 7) is 4.81. The summed E-state index contributed by atoms with van der Waals surface area (Å²) in [5.41, 5.74) is 2.12. The number of pyridine rings is 1. The highest BCUT2D eigenvalue weighted by molar-refractivity contribution is 5.85. The van der Waals surface area contributed by atoms with Crippen molar-refractivity contribution in [2.45, 2.75) is 32.6 Å². The van der Waals surface area contributed by atoms with Gasteiger partial charge in [-0.25, -0.2) is 0 Å². The lowest BCUT2D eigenvalue weighted by Gasteiger charge is -2.39. The van der Waals surface area contributed by atoms with E-state index in [0.29, 0.717) is 0 Å².